The zero-order valence-corrected chi connectivity index (χ0v) is 13.3. The average molecular weight is 327 g/mol. The van der Waals surface area contributed by atoms with Gasteiger partial charge in [-0.15, -0.1) is 0 Å². The van der Waals surface area contributed by atoms with Gasteiger partial charge in [0, 0.05) is 17.3 Å². The lowest BCUT2D eigenvalue weighted by Gasteiger charge is -2.06. The van der Waals surface area contributed by atoms with Crippen LogP contribution in [0.4, 0.5) is 11.5 Å². The highest BCUT2D eigenvalue weighted by atomic mass is 16.5. The minimum Gasteiger partial charge on any atom is -0.360 e. The molecule has 1 fully saturated rings. The molecule has 1 saturated carbocycles. The van der Waals surface area contributed by atoms with Gasteiger partial charge < -0.3 is 15.2 Å². The molecule has 1 heterocycles. The van der Waals surface area contributed by atoms with Crippen LogP contribution in [0.15, 0.2) is 34.9 Å². The molecular weight excluding hydrogens is 310 g/mol. The molecule has 0 saturated heterocycles. The standard InChI is InChI=1S/C17H17N3O4/c1-9-6-15(20-24-9)19-17(23)14-8-13(14)16(22)18-12-5-3-4-11(7-12)10(2)21/h3-7,13-14H,8H2,1-2H3,(H,18,22)(H,19,20,23). The van der Waals surface area contributed by atoms with Crippen molar-refractivity contribution in [3.05, 3.63) is 41.7 Å². The first-order chi connectivity index (χ1) is 11.4. The number of hydrogen-bond acceptors (Lipinski definition) is 5. The molecule has 124 valence electrons. The fraction of sp³-hybridized carbons (Fsp3) is 0.294. The molecule has 2 aromatic rings. The predicted molar refractivity (Wildman–Crippen MR) is 86.5 cm³/mol. The van der Waals surface area contributed by atoms with Crippen molar-refractivity contribution in [3.63, 3.8) is 0 Å². The third kappa shape index (κ3) is 3.51. The summed E-state index contributed by atoms with van der Waals surface area (Å²) in [5.74, 6) is -0.360. The molecule has 0 radical (unpaired) electrons. The number of aryl methyl sites for hydroxylation is 1. The van der Waals surface area contributed by atoms with Gasteiger partial charge >= 0.3 is 0 Å². The Morgan fingerprint density at radius 1 is 1.12 bits per heavy atom. The van der Waals surface area contributed by atoms with E-state index in [0.29, 0.717) is 29.2 Å². The molecule has 1 aromatic heterocycles. The monoisotopic (exact) mass is 327 g/mol. The van der Waals surface area contributed by atoms with Crippen molar-refractivity contribution in [2.45, 2.75) is 20.3 Å². The number of hydrogen-bond donors (Lipinski definition) is 2. The largest absolute Gasteiger partial charge is 0.360 e. The molecule has 3 rings (SSSR count). The maximum atomic E-state index is 12.2. The van der Waals surface area contributed by atoms with Crippen molar-refractivity contribution in [1.29, 1.82) is 0 Å². The first-order valence-electron chi connectivity index (χ1n) is 7.60. The van der Waals surface area contributed by atoms with Crippen LogP contribution in [0.2, 0.25) is 0 Å². The molecular formula is C17H17N3O4. The number of aromatic nitrogens is 1. The van der Waals surface area contributed by atoms with E-state index in [1.54, 1.807) is 37.3 Å². The zero-order valence-electron chi connectivity index (χ0n) is 13.3. The summed E-state index contributed by atoms with van der Waals surface area (Å²) in [7, 11) is 0. The molecule has 2 atom stereocenters. The van der Waals surface area contributed by atoms with Gasteiger partial charge in [0.2, 0.25) is 11.8 Å². The number of carbonyl (C=O) groups excluding carboxylic acids is 3. The quantitative estimate of drug-likeness (QED) is 0.821. The summed E-state index contributed by atoms with van der Waals surface area (Å²) in [6.45, 7) is 3.19. The number of nitrogens with one attached hydrogen (secondary N) is 2. The SMILES string of the molecule is CC(=O)c1cccc(NC(=O)C2CC2C(=O)Nc2cc(C)on2)c1. The Morgan fingerprint density at radius 3 is 2.46 bits per heavy atom. The lowest BCUT2D eigenvalue weighted by Crippen LogP contribution is -2.20. The Morgan fingerprint density at radius 2 is 1.83 bits per heavy atom. The molecule has 0 spiro atoms. The molecule has 2 amide bonds. The minimum atomic E-state index is -0.377. The molecule has 0 bridgehead atoms. The molecule has 1 aliphatic rings. The van der Waals surface area contributed by atoms with Crippen molar-refractivity contribution in [3.8, 4) is 0 Å². The van der Waals surface area contributed by atoms with Gasteiger partial charge in [-0.1, -0.05) is 17.3 Å². The lowest BCUT2D eigenvalue weighted by molar-refractivity contribution is -0.122. The van der Waals surface area contributed by atoms with Crippen molar-refractivity contribution in [2.75, 3.05) is 10.6 Å². The van der Waals surface area contributed by atoms with Gasteiger partial charge in [0.25, 0.3) is 0 Å². The second kappa shape index (κ2) is 6.27. The summed E-state index contributed by atoms with van der Waals surface area (Å²) in [5, 5.41) is 9.07. The summed E-state index contributed by atoms with van der Waals surface area (Å²) in [4.78, 5) is 35.7. The number of amides is 2. The lowest BCUT2D eigenvalue weighted by atomic mass is 10.1. The highest BCUT2D eigenvalue weighted by Gasteiger charge is 2.48. The van der Waals surface area contributed by atoms with Crippen molar-refractivity contribution in [1.82, 2.24) is 5.16 Å². The van der Waals surface area contributed by atoms with Crippen LogP contribution in [0, 0.1) is 18.8 Å². The number of nitrogens with zero attached hydrogens (tertiary/aromatic N) is 1. The van der Waals surface area contributed by atoms with Gasteiger partial charge in [-0.25, -0.2) is 0 Å². The predicted octanol–water partition coefficient (Wildman–Crippen LogP) is 2.40. The van der Waals surface area contributed by atoms with Gasteiger partial charge in [-0.05, 0) is 32.4 Å². The third-order valence-electron chi connectivity index (χ3n) is 3.88. The van der Waals surface area contributed by atoms with Crippen LogP contribution < -0.4 is 10.6 Å². The van der Waals surface area contributed by atoms with Gasteiger partial charge in [0.05, 0.1) is 11.8 Å². The van der Waals surface area contributed by atoms with Gasteiger partial charge in [0.1, 0.15) is 5.76 Å². The van der Waals surface area contributed by atoms with Crippen LogP contribution >= 0.6 is 0 Å². The summed E-state index contributed by atoms with van der Waals surface area (Å²) >= 11 is 0. The fourth-order valence-electron chi connectivity index (χ4n) is 2.47. The molecule has 7 nitrogen and oxygen atoms in total. The van der Waals surface area contributed by atoms with Crippen LogP contribution in [0.3, 0.4) is 0 Å². The summed E-state index contributed by atoms with van der Waals surface area (Å²) < 4.78 is 4.88. The first kappa shape index (κ1) is 15.9. The highest BCUT2D eigenvalue weighted by molar-refractivity contribution is 6.03. The molecule has 2 unspecified atom stereocenters. The average Bonchev–Trinajstić information content (AvgIpc) is 3.25. The van der Waals surface area contributed by atoms with Crippen molar-refractivity contribution in [2.24, 2.45) is 11.8 Å². The smallest absolute Gasteiger partial charge is 0.229 e. The number of ketones is 1. The Balaban J connectivity index is 1.56. The second-order valence-corrected chi connectivity index (χ2v) is 5.89. The Labute approximate surface area is 138 Å². The van der Waals surface area contributed by atoms with Crippen LogP contribution in [-0.2, 0) is 9.59 Å². The molecule has 0 aliphatic heterocycles. The van der Waals surface area contributed by atoms with E-state index in [2.05, 4.69) is 15.8 Å². The normalized spacial score (nSPS) is 18.8. The Kier molecular flexibility index (Phi) is 4.16. The van der Waals surface area contributed by atoms with Crippen LogP contribution in [0.1, 0.15) is 29.5 Å². The van der Waals surface area contributed by atoms with E-state index >= 15 is 0 Å². The van der Waals surface area contributed by atoms with E-state index in [1.165, 1.54) is 6.92 Å². The van der Waals surface area contributed by atoms with E-state index in [1.807, 2.05) is 0 Å². The number of rotatable bonds is 5. The van der Waals surface area contributed by atoms with E-state index in [-0.39, 0.29) is 29.4 Å². The fourth-order valence-corrected chi connectivity index (χ4v) is 2.47. The van der Waals surface area contributed by atoms with E-state index in [4.69, 9.17) is 4.52 Å². The Bertz CT molecular complexity index is 812. The summed E-state index contributed by atoms with van der Waals surface area (Å²) in [5.41, 5.74) is 1.07. The maximum absolute atomic E-state index is 12.2. The van der Waals surface area contributed by atoms with Crippen molar-refractivity contribution < 1.29 is 18.9 Å². The summed E-state index contributed by atoms with van der Waals surface area (Å²) in [6.07, 6.45) is 0.487. The molecule has 7 heteroatoms. The molecule has 1 aromatic carbocycles. The first-order valence-corrected chi connectivity index (χ1v) is 7.60. The number of carbonyl (C=O) groups is 3. The third-order valence-corrected chi connectivity index (χ3v) is 3.88. The van der Waals surface area contributed by atoms with E-state index in [0.717, 1.165) is 0 Å². The van der Waals surface area contributed by atoms with E-state index in [9.17, 15) is 14.4 Å². The van der Waals surface area contributed by atoms with Crippen LogP contribution in [-0.4, -0.2) is 22.8 Å². The van der Waals surface area contributed by atoms with Gasteiger partial charge in [-0.3, -0.25) is 14.4 Å². The number of benzene rings is 1. The molecule has 24 heavy (non-hydrogen) atoms. The minimum absolute atomic E-state index is 0.0716. The van der Waals surface area contributed by atoms with E-state index < -0.39 is 0 Å². The Hall–Kier alpha value is -2.96. The highest BCUT2D eigenvalue weighted by Crippen LogP contribution is 2.40. The number of anilines is 2. The topological polar surface area (TPSA) is 101 Å². The number of Topliss-reactive ketones (excluding diaryl/α,β-unsaturated/α-hetero) is 1. The zero-order chi connectivity index (χ0) is 17.3. The van der Waals surface area contributed by atoms with Crippen LogP contribution in [0.5, 0.6) is 0 Å². The van der Waals surface area contributed by atoms with Crippen molar-refractivity contribution >= 4 is 29.1 Å². The molecule has 2 N–H and O–H groups in total. The maximum Gasteiger partial charge on any atom is 0.229 e. The van der Waals surface area contributed by atoms with Gasteiger partial charge in [-0.2, -0.15) is 0 Å². The van der Waals surface area contributed by atoms with Gasteiger partial charge in [0.15, 0.2) is 11.6 Å². The summed E-state index contributed by atoms with van der Waals surface area (Å²) in [6, 6.07) is 8.33. The van der Waals surface area contributed by atoms with Crippen LogP contribution in [0.25, 0.3) is 0 Å². The second-order valence-electron chi connectivity index (χ2n) is 5.89. The molecule has 1 aliphatic carbocycles.